The molecular formula is C42H31N3O. The van der Waals surface area contributed by atoms with E-state index in [4.69, 9.17) is 4.74 Å². The summed E-state index contributed by atoms with van der Waals surface area (Å²) in [4.78, 5) is 0. The van der Waals surface area contributed by atoms with Crippen LogP contribution in [0.4, 0.5) is 5.69 Å². The Morgan fingerprint density at radius 3 is 2.07 bits per heavy atom. The van der Waals surface area contributed by atoms with Crippen molar-refractivity contribution in [3.63, 3.8) is 0 Å². The van der Waals surface area contributed by atoms with E-state index in [-0.39, 0.29) is 12.3 Å². The molecule has 3 heterocycles. The van der Waals surface area contributed by atoms with E-state index >= 15 is 0 Å². The molecule has 7 aromatic rings. The monoisotopic (exact) mass is 593 g/mol. The number of nitrogens with one attached hydrogen (secondary N) is 2. The standard InChI is InChI=1S/C42H31N3O/c1-4-13-28(14-5-1)32-26-36(29-15-6-2-7-16-29)43-37(27-32)31-19-12-20-33(25-31)45-38-22-11-10-21-34(38)40-39(45)24-23-35-41(40)46-42(44-35)30-17-8-3-9-18-30/h1-27,37,42-44H. The van der Waals surface area contributed by atoms with Gasteiger partial charge in [0.1, 0.15) is 0 Å². The molecule has 2 unspecified atom stereocenters. The van der Waals surface area contributed by atoms with Gasteiger partial charge in [-0.05, 0) is 64.7 Å². The normalized spacial score (nSPS) is 17.0. The highest BCUT2D eigenvalue weighted by Gasteiger charge is 2.28. The van der Waals surface area contributed by atoms with Crippen LogP contribution in [0.5, 0.6) is 5.75 Å². The van der Waals surface area contributed by atoms with Crippen molar-refractivity contribution in [3.05, 3.63) is 186 Å². The summed E-state index contributed by atoms with van der Waals surface area (Å²) < 4.78 is 9.01. The van der Waals surface area contributed by atoms with E-state index in [0.29, 0.717) is 0 Å². The molecule has 4 nitrogen and oxygen atoms in total. The predicted molar refractivity (Wildman–Crippen MR) is 189 cm³/mol. The van der Waals surface area contributed by atoms with Crippen molar-refractivity contribution in [3.8, 4) is 11.4 Å². The number of aromatic nitrogens is 1. The minimum absolute atomic E-state index is 0.00753. The smallest absolute Gasteiger partial charge is 0.196 e. The summed E-state index contributed by atoms with van der Waals surface area (Å²) in [5.74, 6) is 0.902. The highest BCUT2D eigenvalue weighted by molar-refractivity contribution is 6.14. The Hall–Kier alpha value is -6.00. The van der Waals surface area contributed by atoms with E-state index in [1.165, 1.54) is 27.6 Å². The fourth-order valence-corrected chi connectivity index (χ4v) is 6.88. The molecule has 220 valence electrons. The molecule has 2 atom stereocenters. The molecular weight excluding hydrogens is 562 g/mol. The van der Waals surface area contributed by atoms with Crippen LogP contribution >= 0.6 is 0 Å². The molecule has 46 heavy (non-hydrogen) atoms. The number of fused-ring (bicyclic) bond motifs is 5. The summed E-state index contributed by atoms with van der Waals surface area (Å²) >= 11 is 0. The third kappa shape index (κ3) is 4.46. The lowest BCUT2D eigenvalue weighted by molar-refractivity contribution is 0.263. The molecule has 0 amide bonds. The van der Waals surface area contributed by atoms with Gasteiger partial charge in [0.05, 0.1) is 28.1 Å². The maximum atomic E-state index is 6.64. The fraction of sp³-hybridized carbons (Fsp3) is 0.0476. The molecule has 0 saturated carbocycles. The topological polar surface area (TPSA) is 38.2 Å². The molecule has 0 bridgehead atoms. The molecule has 6 aromatic carbocycles. The van der Waals surface area contributed by atoms with Gasteiger partial charge in [0.25, 0.3) is 0 Å². The second-order valence-corrected chi connectivity index (χ2v) is 11.9. The van der Waals surface area contributed by atoms with Crippen LogP contribution in [0.1, 0.15) is 34.5 Å². The van der Waals surface area contributed by atoms with Gasteiger partial charge in [-0.15, -0.1) is 0 Å². The lowest BCUT2D eigenvalue weighted by Crippen LogP contribution is -2.22. The van der Waals surface area contributed by atoms with Gasteiger partial charge < -0.3 is 19.9 Å². The largest absolute Gasteiger partial charge is 0.464 e. The molecule has 0 spiro atoms. The number of para-hydroxylation sites is 1. The van der Waals surface area contributed by atoms with Gasteiger partial charge in [0, 0.05) is 22.3 Å². The van der Waals surface area contributed by atoms with Crippen LogP contribution in [0.25, 0.3) is 38.8 Å². The summed E-state index contributed by atoms with van der Waals surface area (Å²) in [5, 5.41) is 9.73. The molecule has 2 N–H and O–H groups in total. The van der Waals surface area contributed by atoms with Crippen LogP contribution in [0.15, 0.2) is 164 Å². The number of benzene rings is 6. The molecule has 0 fully saturated rings. The van der Waals surface area contributed by atoms with Crippen LogP contribution in [0.3, 0.4) is 0 Å². The second-order valence-electron chi connectivity index (χ2n) is 11.9. The first-order valence-corrected chi connectivity index (χ1v) is 15.8. The number of dihydropyridines is 1. The van der Waals surface area contributed by atoms with Crippen molar-refractivity contribution in [2.24, 2.45) is 0 Å². The number of rotatable bonds is 5. The molecule has 1 aromatic heterocycles. The lowest BCUT2D eigenvalue weighted by atomic mass is 9.93. The minimum atomic E-state index is -0.220. The maximum absolute atomic E-state index is 6.64. The Morgan fingerprint density at radius 2 is 1.26 bits per heavy atom. The van der Waals surface area contributed by atoms with E-state index in [0.717, 1.165) is 44.8 Å². The third-order valence-corrected chi connectivity index (χ3v) is 9.05. The first kappa shape index (κ1) is 26.4. The van der Waals surface area contributed by atoms with Gasteiger partial charge in [0.15, 0.2) is 12.0 Å². The summed E-state index contributed by atoms with van der Waals surface area (Å²) in [6, 6.07) is 53.4. The Bertz CT molecular complexity index is 2280. The molecule has 2 aliphatic rings. The quantitative estimate of drug-likeness (QED) is 0.209. The number of nitrogens with zero attached hydrogens (tertiary/aromatic N) is 1. The van der Waals surface area contributed by atoms with E-state index in [1.54, 1.807) is 0 Å². The van der Waals surface area contributed by atoms with Crippen LogP contribution in [0.2, 0.25) is 0 Å². The van der Waals surface area contributed by atoms with E-state index < -0.39 is 0 Å². The number of allylic oxidation sites excluding steroid dienone is 2. The van der Waals surface area contributed by atoms with E-state index in [1.807, 2.05) is 6.07 Å². The summed E-state index contributed by atoms with van der Waals surface area (Å²) in [5.41, 5.74) is 11.4. The van der Waals surface area contributed by atoms with Gasteiger partial charge >= 0.3 is 0 Å². The zero-order chi connectivity index (χ0) is 30.5. The highest BCUT2D eigenvalue weighted by Crippen LogP contribution is 2.47. The number of ether oxygens (including phenoxy) is 1. The number of anilines is 1. The molecule has 0 aliphatic carbocycles. The predicted octanol–water partition coefficient (Wildman–Crippen LogP) is 10.1. The summed E-state index contributed by atoms with van der Waals surface area (Å²) in [7, 11) is 0. The number of hydrogen-bond donors (Lipinski definition) is 2. The van der Waals surface area contributed by atoms with Crippen molar-refractivity contribution in [1.82, 2.24) is 9.88 Å². The average molecular weight is 594 g/mol. The van der Waals surface area contributed by atoms with E-state index in [2.05, 4.69) is 173 Å². The minimum Gasteiger partial charge on any atom is -0.464 e. The summed E-state index contributed by atoms with van der Waals surface area (Å²) in [6.45, 7) is 0. The lowest BCUT2D eigenvalue weighted by Gasteiger charge is -2.26. The van der Waals surface area contributed by atoms with Gasteiger partial charge in [-0.3, -0.25) is 0 Å². The Morgan fingerprint density at radius 1 is 0.565 bits per heavy atom. The fourth-order valence-electron chi connectivity index (χ4n) is 6.88. The van der Waals surface area contributed by atoms with Crippen LogP contribution in [-0.4, -0.2) is 4.57 Å². The van der Waals surface area contributed by atoms with Crippen LogP contribution in [-0.2, 0) is 0 Å². The van der Waals surface area contributed by atoms with Crippen molar-refractivity contribution in [1.29, 1.82) is 0 Å². The van der Waals surface area contributed by atoms with Crippen molar-refractivity contribution in [2.45, 2.75) is 12.3 Å². The van der Waals surface area contributed by atoms with Crippen LogP contribution < -0.4 is 15.4 Å². The Kier molecular flexibility index (Phi) is 6.24. The first-order chi connectivity index (χ1) is 22.8. The zero-order valence-electron chi connectivity index (χ0n) is 25.1. The maximum Gasteiger partial charge on any atom is 0.196 e. The van der Waals surface area contributed by atoms with Crippen LogP contribution in [0, 0.1) is 0 Å². The van der Waals surface area contributed by atoms with Gasteiger partial charge in [-0.25, -0.2) is 0 Å². The average Bonchev–Trinajstić information content (AvgIpc) is 3.72. The van der Waals surface area contributed by atoms with Gasteiger partial charge in [-0.2, -0.15) is 0 Å². The van der Waals surface area contributed by atoms with E-state index in [9.17, 15) is 0 Å². The molecule has 0 saturated heterocycles. The van der Waals surface area contributed by atoms with Crippen molar-refractivity contribution < 1.29 is 4.74 Å². The molecule has 9 rings (SSSR count). The van der Waals surface area contributed by atoms with Gasteiger partial charge in [0.2, 0.25) is 0 Å². The molecule has 2 aliphatic heterocycles. The number of hydrogen-bond acceptors (Lipinski definition) is 3. The summed E-state index contributed by atoms with van der Waals surface area (Å²) in [6.07, 6.45) is 4.38. The zero-order valence-corrected chi connectivity index (χ0v) is 25.1. The van der Waals surface area contributed by atoms with Gasteiger partial charge in [-0.1, -0.05) is 121 Å². The molecule has 4 heteroatoms. The third-order valence-electron chi connectivity index (χ3n) is 9.05. The Balaban J connectivity index is 1.16. The first-order valence-electron chi connectivity index (χ1n) is 15.8. The Labute approximate surface area is 267 Å². The second kappa shape index (κ2) is 10.9. The molecule has 0 radical (unpaired) electrons. The highest BCUT2D eigenvalue weighted by atomic mass is 16.5. The van der Waals surface area contributed by atoms with Crippen molar-refractivity contribution >= 4 is 38.8 Å². The SMILES string of the molecule is C1=C(c2ccccc2)C=C(c2ccccc2)NC1c1cccc(-n2c3ccccc3c3c4c(ccc32)NC(c2ccccc2)O4)c1. The van der Waals surface area contributed by atoms with Crippen molar-refractivity contribution in [2.75, 3.05) is 5.32 Å².